The number of nitrogens with one attached hydrogen (secondary N) is 1. The molecule has 0 bridgehead atoms. The van der Waals surface area contributed by atoms with E-state index >= 15 is 0 Å². The molecule has 0 atom stereocenters. The Labute approximate surface area is 161 Å². The first kappa shape index (κ1) is 17.5. The van der Waals surface area contributed by atoms with Crippen molar-refractivity contribution in [2.45, 2.75) is 19.3 Å². The van der Waals surface area contributed by atoms with Crippen molar-refractivity contribution in [1.29, 1.82) is 0 Å². The average Bonchev–Trinajstić information content (AvgIpc) is 3.36. The SMILES string of the molecule is O=C(CCc1ccc2c(c1)OCO2)NCCc1csc(-c2cccnc2)n1. The summed E-state index contributed by atoms with van der Waals surface area (Å²) in [6.45, 7) is 0.842. The third-order valence-corrected chi connectivity index (χ3v) is 5.18. The largest absolute Gasteiger partial charge is 0.454 e. The number of carbonyl (C=O) groups is 1. The van der Waals surface area contributed by atoms with Gasteiger partial charge in [-0.15, -0.1) is 11.3 Å². The highest BCUT2D eigenvalue weighted by molar-refractivity contribution is 7.13. The average molecular weight is 381 g/mol. The number of nitrogens with zero attached hydrogens (tertiary/aromatic N) is 2. The third kappa shape index (κ3) is 4.43. The van der Waals surface area contributed by atoms with Gasteiger partial charge in [-0.05, 0) is 36.2 Å². The van der Waals surface area contributed by atoms with Crippen LogP contribution in [-0.4, -0.2) is 29.2 Å². The van der Waals surface area contributed by atoms with Crippen LogP contribution in [0.1, 0.15) is 17.7 Å². The molecule has 3 heterocycles. The highest BCUT2D eigenvalue weighted by Gasteiger charge is 2.13. The summed E-state index contributed by atoms with van der Waals surface area (Å²) < 4.78 is 10.7. The highest BCUT2D eigenvalue weighted by atomic mass is 32.1. The zero-order chi connectivity index (χ0) is 18.5. The molecule has 0 aliphatic carbocycles. The van der Waals surface area contributed by atoms with Gasteiger partial charge in [-0.25, -0.2) is 4.98 Å². The molecule has 4 rings (SSSR count). The molecular weight excluding hydrogens is 362 g/mol. The van der Waals surface area contributed by atoms with E-state index in [1.54, 1.807) is 23.7 Å². The lowest BCUT2D eigenvalue weighted by atomic mass is 10.1. The molecule has 0 radical (unpaired) electrons. The number of aryl methyl sites for hydroxylation is 1. The molecule has 1 amide bonds. The summed E-state index contributed by atoms with van der Waals surface area (Å²) in [6.07, 6.45) is 5.38. The molecule has 6 nitrogen and oxygen atoms in total. The van der Waals surface area contributed by atoms with Gasteiger partial charge in [0.25, 0.3) is 0 Å². The number of hydrogen-bond donors (Lipinski definition) is 1. The first-order valence-corrected chi connectivity index (χ1v) is 9.66. The second kappa shape index (κ2) is 8.18. The van der Waals surface area contributed by atoms with Crippen LogP contribution in [0.25, 0.3) is 10.6 Å². The Morgan fingerprint density at radius 2 is 2.11 bits per heavy atom. The van der Waals surface area contributed by atoms with E-state index in [1.165, 1.54) is 0 Å². The van der Waals surface area contributed by atoms with Crippen molar-refractivity contribution in [3.05, 3.63) is 59.4 Å². The predicted octanol–water partition coefficient (Wildman–Crippen LogP) is 3.23. The van der Waals surface area contributed by atoms with Crippen LogP contribution in [-0.2, 0) is 17.6 Å². The maximum atomic E-state index is 12.1. The first-order chi connectivity index (χ1) is 13.3. The van der Waals surface area contributed by atoms with E-state index in [2.05, 4.69) is 15.3 Å². The molecule has 7 heteroatoms. The fourth-order valence-electron chi connectivity index (χ4n) is 2.82. The van der Waals surface area contributed by atoms with Gasteiger partial charge in [0.15, 0.2) is 11.5 Å². The summed E-state index contributed by atoms with van der Waals surface area (Å²) in [6, 6.07) is 9.68. The van der Waals surface area contributed by atoms with Crippen molar-refractivity contribution >= 4 is 17.2 Å². The Morgan fingerprint density at radius 1 is 1.19 bits per heavy atom. The van der Waals surface area contributed by atoms with Crippen molar-refractivity contribution in [1.82, 2.24) is 15.3 Å². The van der Waals surface area contributed by atoms with Gasteiger partial charge >= 0.3 is 0 Å². The van der Waals surface area contributed by atoms with Crippen LogP contribution in [0.4, 0.5) is 0 Å². The molecule has 1 aromatic carbocycles. The smallest absolute Gasteiger partial charge is 0.231 e. The highest BCUT2D eigenvalue weighted by Crippen LogP contribution is 2.32. The minimum Gasteiger partial charge on any atom is -0.454 e. The van der Waals surface area contributed by atoms with Gasteiger partial charge in [0.1, 0.15) is 5.01 Å². The van der Waals surface area contributed by atoms with Gasteiger partial charge < -0.3 is 14.8 Å². The van der Waals surface area contributed by atoms with Gasteiger partial charge in [-0.1, -0.05) is 6.07 Å². The van der Waals surface area contributed by atoms with Crippen LogP contribution in [0.5, 0.6) is 11.5 Å². The van der Waals surface area contributed by atoms with E-state index < -0.39 is 0 Å². The molecule has 0 spiro atoms. The number of fused-ring (bicyclic) bond motifs is 1. The molecule has 0 unspecified atom stereocenters. The lowest BCUT2D eigenvalue weighted by Crippen LogP contribution is -2.25. The second-order valence-electron chi connectivity index (χ2n) is 6.17. The minimum atomic E-state index is 0.0374. The fourth-order valence-corrected chi connectivity index (χ4v) is 3.66. The molecule has 0 fully saturated rings. The zero-order valence-electron chi connectivity index (χ0n) is 14.7. The van der Waals surface area contributed by atoms with Crippen molar-refractivity contribution in [2.24, 2.45) is 0 Å². The fraction of sp³-hybridized carbons (Fsp3) is 0.250. The first-order valence-electron chi connectivity index (χ1n) is 8.78. The van der Waals surface area contributed by atoms with Crippen molar-refractivity contribution in [2.75, 3.05) is 13.3 Å². The number of benzene rings is 1. The maximum Gasteiger partial charge on any atom is 0.231 e. The van der Waals surface area contributed by atoms with Gasteiger partial charge in [0.2, 0.25) is 12.7 Å². The van der Waals surface area contributed by atoms with Crippen LogP contribution in [0.2, 0.25) is 0 Å². The Kier molecular flexibility index (Phi) is 5.29. The van der Waals surface area contributed by atoms with Crippen LogP contribution in [0.3, 0.4) is 0 Å². The number of amides is 1. The summed E-state index contributed by atoms with van der Waals surface area (Å²) in [5, 5.41) is 5.94. The Morgan fingerprint density at radius 3 is 3.00 bits per heavy atom. The molecule has 0 saturated heterocycles. The maximum absolute atomic E-state index is 12.1. The Balaban J connectivity index is 1.21. The number of pyridine rings is 1. The number of thiazole rings is 1. The zero-order valence-corrected chi connectivity index (χ0v) is 15.5. The Hall–Kier alpha value is -2.93. The summed E-state index contributed by atoms with van der Waals surface area (Å²) in [5.74, 6) is 1.55. The normalized spacial score (nSPS) is 12.1. The van der Waals surface area contributed by atoms with Gasteiger partial charge in [-0.3, -0.25) is 9.78 Å². The standard InChI is InChI=1S/C20H19N3O3S/c24-19(6-4-14-3-5-17-18(10-14)26-13-25-17)22-9-7-16-12-27-20(23-16)15-2-1-8-21-11-15/h1-3,5,8,10-12H,4,6-7,9,13H2,(H,22,24). The molecule has 2 aromatic heterocycles. The van der Waals surface area contributed by atoms with Gasteiger partial charge in [0.05, 0.1) is 5.69 Å². The molecule has 3 aromatic rings. The number of hydrogen-bond acceptors (Lipinski definition) is 6. The molecule has 1 aliphatic heterocycles. The van der Waals surface area contributed by atoms with E-state index in [4.69, 9.17) is 9.47 Å². The lowest BCUT2D eigenvalue weighted by molar-refractivity contribution is -0.121. The van der Waals surface area contributed by atoms with E-state index in [-0.39, 0.29) is 12.7 Å². The van der Waals surface area contributed by atoms with Crippen molar-refractivity contribution in [3.63, 3.8) is 0 Å². The van der Waals surface area contributed by atoms with Gasteiger partial charge in [0, 0.05) is 42.7 Å². The molecular formula is C20H19N3O3S. The van der Waals surface area contributed by atoms with E-state index in [1.807, 2.05) is 35.7 Å². The van der Waals surface area contributed by atoms with Crippen LogP contribution < -0.4 is 14.8 Å². The van der Waals surface area contributed by atoms with Crippen LogP contribution in [0, 0.1) is 0 Å². The van der Waals surface area contributed by atoms with E-state index in [9.17, 15) is 4.79 Å². The molecule has 1 aliphatic rings. The molecule has 27 heavy (non-hydrogen) atoms. The molecule has 0 saturated carbocycles. The lowest BCUT2D eigenvalue weighted by Gasteiger charge is -2.05. The quantitative estimate of drug-likeness (QED) is 0.680. The summed E-state index contributed by atoms with van der Waals surface area (Å²) in [4.78, 5) is 20.8. The van der Waals surface area contributed by atoms with Crippen molar-refractivity contribution < 1.29 is 14.3 Å². The molecule has 138 valence electrons. The van der Waals surface area contributed by atoms with Crippen molar-refractivity contribution in [3.8, 4) is 22.1 Å². The second-order valence-corrected chi connectivity index (χ2v) is 7.03. The summed E-state index contributed by atoms with van der Waals surface area (Å²) in [5.41, 5.74) is 3.06. The van der Waals surface area contributed by atoms with Crippen LogP contribution >= 0.6 is 11.3 Å². The Bertz CT molecular complexity index is 927. The number of rotatable bonds is 7. The number of carbonyl (C=O) groups excluding carboxylic acids is 1. The summed E-state index contributed by atoms with van der Waals surface area (Å²) >= 11 is 1.59. The topological polar surface area (TPSA) is 73.3 Å². The monoisotopic (exact) mass is 381 g/mol. The number of aromatic nitrogens is 2. The van der Waals surface area contributed by atoms with Gasteiger partial charge in [-0.2, -0.15) is 0 Å². The number of ether oxygens (including phenoxy) is 2. The third-order valence-electron chi connectivity index (χ3n) is 4.24. The van der Waals surface area contributed by atoms with E-state index in [0.29, 0.717) is 25.8 Å². The molecule has 1 N–H and O–H groups in total. The van der Waals surface area contributed by atoms with E-state index in [0.717, 1.165) is 33.3 Å². The summed E-state index contributed by atoms with van der Waals surface area (Å²) in [7, 11) is 0. The predicted molar refractivity (Wildman–Crippen MR) is 103 cm³/mol. The van der Waals surface area contributed by atoms with Crippen LogP contribution in [0.15, 0.2) is 48.1 Å². The minimum absolute atomic E-state index is 0.0374.